The average Bonchev–Trinajstić information content (AvgIpc) is 2.86. The van der Waals surface area contributed by atoms with E-state index in [0.717, 1.165) is 10.6 Å². The van der Waals surface area contributed by atoms with Gasteiger partial charge in [0.15, 0.2) is 0 Å². The predicted octanol–water partition coefficient (Wildman–Crippen LogP) is 3.13. The van der Waals surface area contributed by atoms with Crippen LogP contribution in [-0.4, -0.2) is 29.1 Å². The molecule has 0 radical (unpaired) electrons. The van der Waals surface area contributed by atoms with Crippen LogP contribution in [0.4, 0.5) is 0 Å². The summed E-state index contributed by atoms with van der Waals surface area (Å²) in [4.78, 5) is 17.2. The van der Waals surface area contributed by atoms with Crippen molar-refractivity contribution in [3.63, 3.8) is 0 Å². The Hall–Kier alpha value is -1.43. The van der Waals surface area contributed by atoms with Crippen LogP contribution in [0.15, 0.2) is 24.3 Å². The van der Waals surface area contributed by atoms with Crippen molar-refractivity contribution in [3.8, 4) is 10.6 Å². The SMILES string of the molecule is Cc1nc(-c2cccc(Cl)c2)sc1C(=O)NCC(C)CO. The molecule has 0 bridgehead atoms. The van der Waals surface area contributed by atoms with Gasteiger partial charge in [0.25, 0.3) is 5.91 Å². The second kappa shape index (κ2) is 7.02. The lowest BCUT2D eigenvalue weighted by atomic mass is 10.2. The molecule has 0 aliphatic rings. The first-order valence-corrected chi connectivity index (χ1v) is 7.83. The molecule has 0 aliphatic carbocycles. The average molecular weight is 325 g/mol. The maximum Gasteiger partial charge on any atom is 0.263 e. The summed E-state index contributed by atoms with van der Waals surface area (Å²) >= 11 is 7.32. The summed E-state index contributed by atoms with van der Waals surface area (Å²) in [6.45, 7) is 4.18. The third-order valence-corrected chi connectivity index (χ3v) is 4.44. The molecule has 0 spiro atoms. The van der Waals surface area contributed by atoms with Gasteiger partial charge >= 0.3 is 0 Å². The van der Waals surface area contributed by atoms with Crippen LogP contribution < -0.4 is 5.32 Å². The highest BCUT2D eigenvalue weighted by atomic mass is 35.5. The quantitative estimate of drug-likeness (QED) is 0.888. The molecule has 1 heterocycles. The van der Waals surface area contributed by atoms with Crippen molar-refractivity contribution in [2.24, 2.45) is 5.92 Å². The smallest absolute Gasteiger partial charge is 0.263 e. The van der Waals surface area contributed by atoms with Crippen LogP contribution in [-0.2, 0) is 0 Å². The van der Waals surface area contributed by atoms with Crippen molar-refractivity contribution < 1.29 is 9.90 Å². The maximum atomic E-state index is 12.1. The molecule has 112 valence electrons. The molecule has 2 N–H and O–H groups in total. The van der Waals surface area contributed by atoms with Gasteiger partial charge in [-0.1, -0.05) is 30.7 Å². The van der Waals surface area contributed by atoms with E-state index >= 15 is 0 Å². The fraction of sp³-hybridized carbons (Fsp3) is 0.333. The molecule has 0 aliphatic heterocycles. The van der Waals surface area contributed by atoms with Crippen LogP contribution in [0.5, 0.6) is 0 Å². The van der Waals surface area contributed by atoms with E-state index in [-0.39, 0.29) is 18.4 Å². The van der Waals surface area contributed by atoms with Crippen molar-refractivity contribution in [2.75, 3.05) is 13.2 Å². The van der Waals surface area contributed by atoms with E-state index in [0.29, 0.717) is 22.1 Å². The predicted molar refractivity (Wildman–Crippen MR) is 85.9 cm³/mol. The number of nitrogens with one attached hydrogen (secondary N) is 1. The minimum atomic E-state index is -0.154. The minimum absolute atomic E-state index is 0.0366. The zero-order chi connectivity index (χ0) is 15.4. The third kappa shape index (κ3) is 4.03. The van der Waals surface area contributed by atoms with Gasteiger partial charge < -0.3 is 10.4 Å². The number of carbonyl (C=O) groups excluding carboxylic acids is 1. The van der Waals surface area contributed by atoms with Crippen LogP contribution in [0.1, 0.15) is 22.3 Å². The number of amides is 1. The number of hydrogen-bond donors (Lipinski definition) is 2. The summed E-state index contributed by atoms with van der Waals surface area (Å²) in [6.07, 6.45) is 0. The van der Waals surface area contributed by atoms with Gasteiger partial charge in [-0.3, -0.25) is 4.79 Å². The summed E-state index contributed by atoms with van der Waals surface area (Å²) in [6, 6.07) is 7.40. The molecule has 1 amide bonds. The second-order valence-electron chi connectivity index (χ2n) is 4.94. The molecule has 2 aromatic rings. The van der Waals surface area contributed by atoms with Crippen LogP contribution in [0.25, 0.3) is 10.6 Å². The minimum Gasteiger partial charge on any atom is -0.396 e. The molecule has 0 saturated heterocycles. The van der Waals surface area contributed by atoms with Gasteiger partial charge in [0.05, 0.1) is 5.69 Å². The molecule has 1 aromatic carbocycles. The third-order valence-electron chi connectivity index (χ3n) is 3.00. The van der Waals surface area contributed by atoms with E-state index < -0.39 is 0 Å². The lowest BCUT2D eigenvalue weighted by Gasteiger charge is -2.08. The van der Waals surface area contributed by atoms with Crippen LogP contribution in [0, 0.1) is 12.8 Å². The van der Waals surface area contributed by atoms with Gasteiger partial charge in [0, 0.05) is 23.7 Å². The molecule has 0 fully saturated rings. The van der Waals surface area contributed by atoms with E-state index in [1.165, 1.54) is 11.3 Å². The summed E-state index contributed by atoms with van der Waals surface area (Å²) in [5, 5.41) is 13.2. The molecule has 6 heteroatoms. The van der Waals surface area contributed by atoms with Crippen LogP contribution in [0.3, 0.4) is 0 Å². The highest BCUT2D eigenvalue weighted by Crippen LogP contribution is 2.29. The number of aryl methyl sites for hydroxylation is 1. The Bertz CT molecular complexity index is 642. The molecule has 2 rings (SSSR count). The number of aliphatic hydroxyl groups excluding tert-OH is 1. The maximum absolute atomic E-state index is 12.1. The van der Waals surface area contributed by atoms with Gasteiger partial charge in [-0.15, -0.1) is 11.3 Å². The Morgan fingerprint density at radius 1 is 1.52 bits per heavy atom. The van der Waals surface area contributed by atoms with E-state index in [1.54, 1.807) is 6.07 Å². The van der Waals surface area contributed by atoms with Crippen molar-refractivity contribution >= 4 is 28.8 Å². The van der Waals surface area contributed by atoms with Crippen molar-refractivity contribution in [1.82, 2.24) is 10.3 Å². The molecular formula is C15H17ClN2O2S. The Kier molecular flexibility index (Phi) is 5.33. The normalized spacial score (nSPS) is 12.2. The second-order valence-corrected chi connectivity index (χ2v) is 6.38. The van der Waals surface area contributed by atoms with Gasteiger partial charge in [-0.05, 0) is 25.0 Å². The topological polar surface area (TPSA) is 62.2 Å². The molecule has 1 unspecified atom stereocenters. The summed E-state index contributed by atoms with van der Waals surface area (Å²) < 4.78 is 0. The van der Waals surface area contributed by atoms with E-state index in [4.69, 9.17) is 16.7 Å². The number of benzene rings is 1. The van der Waals surface area contributed by atoms with E-state index in [2.05, 4.69) is 10.3 Å². The Morgan fingerprint density at radius 3 is 2.95 bits per heavy atom. The number of halogens is 1. The zero-order valence-corrected chi connectivity index (χ0v) is 13.5. The van der Waals surface area contributed by atoms with Crippen LogP contribution >= 0.6 is 22.9 Å². The number of carbonyl (C=O) groups is 1. The first-order valence-electron chi connectivity index (χ1n) is 6.63. The highest BCUT2D eigenvalue weighted by molar-refractivity contribution is 7.17. The lowest BCUT2D eigenvalue weighted by Crippen LogP contribution is -2.29. The highest BCUT2D eigenvalue weighted by Gasteiger charge is 2.16. The fourth-order valence-corrected chi connectivity index (χ4v) is 2.93. The largest absolute Gasteiger partial charge is 0.396 e. The number of rotatable bonds is 5. The van der Waals surface area contributed by atoms with Gasteiger partial charge in [-0.25, -0.2) is 4.98 Å². The summed E-state index contributed by atoms with van der Waals surface area (Å²) in [7, 11) is 0. The number of hydrogen-bond acceptors (Lipinski definition) is 4. The number of nitrogens with zero attached hydrogens (tertiary/aromatic N) is 1. The van der Waals surface area contributed by atoms with Crippen molar-refractivity contribution in [3.05, 3.63) is 39.9 Å². The fourth-order valence-electron chi connectivity index (χ4n) is 1.76. The first kappa shape index (κ1) is 15.9. The number of thiazole rings is 1. The summed E-state index contributed by atoms with van der Waals surface area (Å²) in [5.74, 6) is -0.117. The molecule has 4 nitrogen and oxygen atoms in total. The van der Waals surface area contributed by atoms with Gasteiger partial charge in [0.2, 0.25) is 0 Å². The van der Waals surface area contributed by atoms with E-state index in [1.807, 2.05) is 32.0 Å². The molecule has 21 heavy (non-hydrogen) atoms. The number of aromatic nitrogens is 1. The Morgan fingerprint density at radius 2 is 2.29 bits per heavy atom. The van der Waals surface area contributed by atoms with Gasteiger partial charge in [-0.2, -0.15) is 0 Å². The molecule has 1 atom stereocenters. The first-order chi connectivity index (χ1) is 10.0. The Labute approximate surface area is 132 Å². The lowest BCUT2D eigenvalue weighted by molar-refractivity contribution is 0.0945. The number of aliphatic hydroxyl groups is 1. The molecule has 1 aromatic heterocycles. The van der Waals surface area contributed by atoms with E-state index in [9.17, 15) is 4.79 Å². The van der Waals surface area contributed by atoms with Gasteiger partial charge in [0.1, 0.15) is 9.88 Å². The van der Waals surface area contributed by atoms with Crippen LogP contribution in [0.2, 0.25) is 5.02 Å². The standard InChI is InChI=1S/C15H17ClN2O2S/c1-9(8-19)7-17-14(20)13-10(2)18-15(21-13)11-4-3-5-12(16)6-11/h3-6,9,19H,7-8H2,1-2H3,(H,17,20). The van der Waals surface area contributed by atoms with Crippen molar-refractivity contribution in [2.45, 2.75) is 13.8 Å². The Balaban J connectivity index is 2.17. The zero-order valence-electron chi connectivity index (χ0n) is 11.9. The molecule has 0 saturated carbocycles. The van der Waals surface area contributed by atoms with Crippen molar-refractivity contribution in [1.29, 1.82) is 0 Å². The monoisotopic (exact) mass is 324 g/mol. The molecular weight excluding hydrogens is 308 g/mol. The summed E-state index contributed by atoms with van der Waals surface area (Å²) in [5.41, 5.74) is 1.60.